The lowest BCUT2D eigenvalue weighted by atomic mass is 10.3. The monoisotopic (exact) mass is 371 g/mol. The van der Waals surface area contributed by atoms with Crippen molar-refractivity contribution < 1.29 is 27.9 Å². The quantitative estimate of drug-likeness (QED) is 0.481. The molecule has 4 N–H and O–H groups in total. The highest BCUT2D eigenvalue weighted by Gasteiger charge is 2.30. The van der Waals surface area contributed by atoms with Gasteiger partial charge >= 0.3 is 12.0 Å². The number of ether oxygens (including phenoxy) is 1. The van der Waals surface area contributed by atoms with Crippen LogP contribution in [-0.2, 0) is 14.8 Å². The number of methoxy groups -OCH3 is 1. The molecule has 9 nitrogen and oxygen atoms in total. The average Bonchev–Trinajstić information content (AvgIpc) is 3.34. The van der Waals surface area contributed by atoms with E-state index in [1.165, 1.54) is 25.3 Å². The van der Waals surface area contributed by atoms with Gasteiger partial charge in [-0.05, 0) is 37.5 Å². The van der Waals surface area contributed by atoms with Crippen molar-refractivity contribution in [2.45, 2.75) is 36.6 Å². The number of amides is 2. The van der Waals surface area contributed by atoms with Gasteiger partial charge in [0.1, 0.15) is 10.6 Å². The molecule has 2 amide bonds. The van der Waals surface area contributed by atoms with Crippen LogP contribution in [-0.4, -0.2) is 45.2 Å². The summed E-state index contributed by atoms with van der Waals surface area (Å²) < 4.78 is 32.5. The zero-order chi connectivity index (χ0) is 18.4. The molecule has 1 aromatic carbocycles. The molecule has 0 heterocycles. The van der Waals surface area contributed by atoms with E-state index in [-0.39, 0.29) is 35.3 Å². The smallest absolute Gasteiger partial charge is 0.319 e. The van der Waals surface area contributed by atoms with Gasteiger partial charge < -0.3 is 20.5 Å². The van der Waals surface area contributed by atoms with Gasteiger partial charge in [0.15, 0.2) is 0 Å². The van der Waals surface area contributed by atoms with Crippen molar-refractivity contribution >= 4 is 27.7 Å². The van der Waals surface area contributed by atoms with Crippen LogP contribution >= 0.6 is 0 Å². The molecule has 0 aromatic heterocycles. The lowest BCUT2D eigenvalue weighted by Gasteiger charge is -2.13. The van der Waals surface area contributed by atoms with Crippen molar-refractivity contribution in [3.63, 3.8) is 0 Å². The fourth-order valence-electron chi connectivity index (χ4n) is 2.07. The van der Waals surface area contributed by atoms with Gasteiger partial charge in [-0.15, -0.1) is 0 Å². The maximum atomic E-state index is 12.4. The van der Waals surface area contributed by atoms with E-state index in [2.05, 4.69) is 15.4 Å². The standard InChI is InChI=1S/C15H21N3O6S/c1-24-12-7-6-11(17-15(21)16-8-2-3-14(19)20)9-13(12)25(22,23)18-10-4-5-10/h6-7,9-10,18H,2-5,8H2,1H3,(H,19,20)(H2,16,17,21). The van der Waals surface area contributed by atoms with Crippen molar-refractivity contribution in [3.05, 3.63) is 18.2 Å². The number of hydrogen-bond acceptors (Lipinski definition) is 5. The molecule has 1 aliphatic rings. The van der Waals surface area contributed by atoms with Crippen molar-refractivity contribution in [1.29, 1.82) is 0 Å². The minimum Gasteiger partial charge on any atom is -0.495 e. The molecule has 0 spiro atoms. The molecule has 0 aliphatic heterocycles. The van der Waals surface area contributed by atoms with Crippen LogP contribution < -0.4 is 20.1 Å². The lowest BCUT2D eigenvalue weighted by Crippen LogP contribution is -2.30. The number of sulfonamides is 1. The molecule has 2 rings (SSSR count). The number of hydrogen-bond donors (Lipinski definition) is 4. The first-order chi connectivity index (χ1) is 11.8. The first kappa shape index (κ1) is 19.0. The van der Waals surface area contributed by atoms with Crippen LogP contribution in [0, 0.1) is 0 Å². The number of anilines is 1. The summed E-state index contributed by atoms with van der Waals surface area (Å²) >= 11 is 0. The number of nitrogens with one attached hydrogen (secondary N) is 3. The van der Waals surface area contributed by atoms with Gasteiger partial charge in [-0.1, -0.05) is 0 Å². The minimum absolute atomic E-state index is 0.0436. The second-order valence-corrected chi connectivity index (χ2v) is 7.32. The van der Waals surface area contributed by atoms with Gasteiger partial charge in [0.25, 0.3) is 0 Å². The Morgan fingerprint density at radius 1 is 1.32 bits per heavy atom. The van der Waals surface area contributed by atoms with Crippen LogP contribution in [0.5, 0.6) is 5.75 Å². The molecule has 0 radical (unpaired) electrons. The van der Waals surface area contributed by atoms with Gasteiger partial charge in [0, 0.05) is 24.7 Å². The summed E-state index contributed by atoms with van der Waals surface area (Å²) in [5.74, 6) is -0.754. The van der Waals surface area contributed by atoms with Gasteiger partial charge in [-0.3, -0.25) is 4.79 Å². The highest BCUT2D eigenvalue weighted by Crippen LogP contribution is 2.29. The number of rotatable bonds is 9. The van der Waals surface area contributed by atoms with E-state index >= 15 is 0 Å². The van der Waals surface area contributed by atoms with E-state index in [1.54, 1.807) is 0 Å². The minimum atomic E-state index is -3.74. The number of benzene rings is 1. The summed E-state index contributed by atoms with van der Waals surface area (Å²) in [7, 11) is -2.37. The van der Waals surface area contributed by atoms with Crippen LogP contribution in [0.4, 0.5) is 10.5 Å². The summed E-state index contributed by atoms with van der Waals surface area (Å²) in [4.78, 5) is 22.1. The molecule has 0 saturated heterocycles. The van der Waals surface area contributed by atoms with Gasteiger partial charge in [-0.2, -0.15) is 0 Å². The summed E-state index contributed by atoms with van der Waals surface area (Å²) in [6, 6.07) is 3.70. The number of carbonyl (C=O) groups is 2. The highest BCUT2D eigenvalue weighted by atomic mass is 32.2. The van der Waals surface area contributed by atoms with Crippen LogP contribution in [0.25, 0.3) is 0 Å². The Bertz CT molecular complexity index is 746. The normalized spacial score (nSPS) is 14.0. The summed E-state index contributed by atoms with van der Waals surface area (Å²) in [6.45, 7) is 0.197. The Kier molecular flexibility index (Phi) is 6.21. The van der Waals surface area contributed by atoms with E-state index in [0.717, 1.165) is 12.8 Å². The van der Waals surface area contributed by atoms with E-state index < -0.39 is 22.0 Å². The summed E-state index contributed by atoms with van der Waals surface area (Å²) in [5, 5.41) is 13.6. The second-order valence-electron chi connectivity index (χ2n) is 5.64. The Labute approximate surface area is 145 Å². The van der Waals surface area contributed by atoms with Crippen molar-refractivity contribution in [1.82, 2.24) is 10.0 Å². The zero-order valence-corrected chi connectivity index (χ0v) is 14.6. The van der Waals surface area contributed by atoms with Crippen LogP contribution in [0.15, 0.2) is 23.1 Å². The maximum absolute atomic E-state index is 12.4. The molecule has 1 aliphatic carbocycles. The maximum Gasteiger partial charge on any atom is 0.319 e. The van der Waals surface area contributed by atoms with Crippen molar-refractivity contribution in [2.24, 2.45) is 0 Å². The molecular formula is C15H21N3O6S. The average molecular weight is 371 g/mol. The van der Waals surface area contributed by atoms with E-state index in [0.29, 0.717) is 6.42 Å². The largest absolute Gasteiger partial charge is 0.495 e. The molecule has 1 saturated carbocycles. The number of carboxylic acids is 1. The molecule has 10 heteroatoms. The first-order valence-corrected chi connectivity index (χ1v) is 9.27. The summed E-state index contributed by atoms with van der Waals surface area (Å²) in [5.41, 5.74) is 0.285. The molecule has 1 fully saturated rings. The van der Waals surface area contributed by atoms with Gasteiger partial charge in [-0.25, -0.2) is 17.9 Å². The third kappa shape index (κ3) is 5.91. The third-order valence-corrected chi connectivity index (χ3v) is 5.00. The fraction of sp³-hybridized carbons (Fsp3) is 0.467. The topological polar surface area (TPSA) is 134 Å². The molecule has 0 bridgehead atoms. The van der Waals surface area contributed by atoms with Crippen LogP contribution in [0.2, 0.25) is 0 Å². The van der Waals surface area contributed by atoms with E-state index in [4.69, 9.17) is 9.84 Å². The van der Waals surface area contributed by atoms with Gasteiger partial charge in [0.2, 0.25) is 10.0 Å². The van der Waals surface area contributed by atoms with Crippen LogP contribution in [0.1, 0.15) is 25.7 Å². The van der Waals surface area contributed by atoms with E-state index in [9.17, 15) is 18.0 Å². The SMILES string of the molecule is COc1ccc(NC(=O)NCCCC(=O)O)cc1S(=O)(=O)NC1CC1. The summed E-state index contributed by atoms with van der Waals surface area (Å²) in [6.07, 6.45) is 1.87. The number of urea groups is 1. The predicted molar refractivity (Wildman–Crippen MR) is 90.2 cm³/mol. The van der Waals surface area contributed by atoms with E-state index in [1.807, 2.05) is 0 Å². The second kappa shape index (κ2) is 8.17. The molecule has 1 aromatic rings. The number of carboxylic acid groups (broad SMARTS) is 1. The molecule has 0 atom stereocenters. The number of carbonyl (C=O) groups excluding carboxylic acids is 1. The van der Waals surface area contributed by atoms with Gasteiger partial charge in [0.05, 0.1) is 7.11 Å². The predicted octanol–water partition coefficient (Wildman–Crippen LogP) is 1.12. The first-order valence-electron chi connectivity index (χ1n) is 7.79. The third-order valence-electron chi connectivity index (χ3n) is 3.46. The molecule has 25 heavy (non-hydrogen) atoms. The molecular weight excluding hydrogens is 350 g/mol. The number of aliphatic carboxylic acids is 1. The zero-order valence-electron chi connectivity index (χ0n) is 13.7. The Morgan fingerprint density at radius 3 is 2.64 bits per heavy atom. The fourth-order valence-corrected chi connectivity index (χ4v) is 3.57. The molecule has 138 valence electrons. The Balaban J connectivity index is 2.02. The Hall–Kier alpha value is -2.33. The molecule has 0 unspecified atom stereocenters. The lowest BCUT2D eigenvalue weighted by molar-refractivity contribution is -0.137. The highest BCUT2D eigenvalue weighted by molar-refractivity contribution is 7.89. The van der Waals surface area contributed by atoms with Crippen molar-refractivity contribution in [3.8, 4) is 5.75 Å². The van der Waals surface area contributed by atoms with Crippen LogP contribution in [0.3, 0.4) is 0 Å². The van der Waals surface area contributed by atoms with Crippen molar-refractivity contribution in [2.75, 3.05) is 19.0 Å². The Morgan fingerprint density at radius 2 is 2.04 bits per heavy atom.